The van der Waals surface area contributed by atoms with Crippen LogP contribution in [-0.4, -0.2) is 39.0 Å². The van der Waals surface area contributed by atoms with Gasteiger partial charge in [-0.3, -0.25) is 0 Å². The standard InChI is InChI=1S/2C63H40N4S/c1-6-19-41(20-7-1)45-33-35-48(42-21-8-2-9-22-42)54(39-45)46-34-36-49(55(40-46)63-65-61(43-23-10-3-11-24-43)64-62(66-63)44-25-12-4-13-26-44)50-30-18-31-51-52-37-38-57-58(60(52)68-59(50)51)53-29-16-17-32-56(53)67(57)47-27-14-5-15-28-47;1-6-18-41(19-7-1)45-30-33-49(42-20-8-2-9-21-42)54(38-45)46-31-34-50(55(39-46)63-65-61(43-22-10-3-11-23-43)64-62(66-63)44-24-12-4-13-25-44)47-32-35-51-52-36-37-57-59(60(52)68-58(51)40-47)53-28-16-17-29-56(53)67(57)48-26-14-5-15-27-48/h2*1-40H. The van der Waals surface area contributed by atoms with Gasteiger partial charge in [0.2, 0.25) is 0 Å². The first-order valence-electron chi connectivity index (χ1n) is 45.9. The number of benzene rings is 20. The molecule has 0 saturated carbocycles. The summed E-state index contributed by atoms with van der Waals surface area (Å²) in [6.45, 7) is 0. The van der Waals surface area contributed by atoms with Crippen molar-refractivity contribution in [3.8, 4) is 169 Å². The Morgan fingerprint density at radius 3 is 0.868 bits per heavy atom. The molecule has 136 heavy (non-hydrogen) atoms. The van der Waals surface area contributed by atoms with E-state index in [1.165, 1.54) is 95.1 Å². The van der Waals surface area contributed by atoms with Crippen LogP contribution in [0.2, 0.25) is 0 Å². The van der Waals surface area contributed by atoms with Crippen LogP contribution >= 0.6 is 22.7 Å². The van der Waals surface area contributed by atoms with Crippen molar-refractivity contribution in [2.24, 2.45) is 0 Å². The molecule has 6 aromatic heterocycles. The molecule has 0 radical (unpaired) electrons. The van der Waals surface area contributed by atoms with Crippen molar-refractivity contribution >= 4 is 107 Å². The summed E-state index contributed by atoms with van der Waals surface area (Å²) < 4.78 is 9.81. The molecule has 26 rings (SSSR count). The summed E-state index contributed by atoms with van der Waals surface area (Å²) in [6, 6.07) is 173. The molecule has 0 fully saturated rings. The van der Waals surface area contributed by atoms with Crippen LogP contribution in [0.4, 0.5) is 0 Å². The summed E-state index contributed by atoms with van der Waals surface area (Å²) in [5.41, 5.74) is 30.7. The van der Waals surface area contributed by atoms with Crippen LogP contribution in [0.1, 0.15) is 0 Å². The zero-order valence-electron chi connectivity index (χ0n) is 73.6. The molecule has 0 unspecified atom stereocenters. The molecular formula is C126H80N8S2. The molecule has 0 N–H and O–H groups in total. The average Bonchev–Trinajstić information content (AvgIpc) is 1.56. The second-order valence-electron chi connectivity index (χ2n) is 34.2. The molecule has 0 spiro atoms. The summed E-state index contributed by atoms with van der Waals surface area (Å²) in [7, 11) is 0. The van der Waals surface area contributed by atoms with E-state index in [1.54, 1.807) is 0 Å². The maximum Gasteiger partial charge on any atom is 0.164 e. The maximum atomic E-state index is 5.37. The van der Waals surface area contributed by atoms with Crippen LogP contribution in [0.25, 0.3) is 253 Å². The maximum absolute atomic E-state index is 5.37. The number of nitrogens with zero attached hydrogens (tertiary/aromatic N) is 8. The number of hydrogen-bond donors (Lipinski definition) is 0. The molecule has 0 bridgehead atoms. The zero-order chi connectivity index (χ0) is 89.9. The molecular weight excluding hydrogens is 1690 g/mol. The molecule has 0 aliphatic rings. The number of aromatic nitrogens is 8. The highest BCUT2D eigenvalue weighted by atomic mass is 32.1. The Morgan fingerprint density at radius 1 is 0.147 bits per heavy atom. The van der Waals surface area contributed by atoms with Gasteiger partial charge in [-0.05, 0) is 162 Å². The highest BCUT2D eigenvalue weighted by Crippen LogP contribution is 2.52. The Morgan fingerprint density at radius 2 is 0.441 bits per heavy atom. The van der Waals surface area contributed by atoms with Gasteiger partial charge in [0.25, 0.3) is 0 Å². The SMILES string of the molecule is c1ccc(-c2ccc(-c3ccccc3)c(-c3ccc(-c4ccc5c(c4)sc4c5ccc5c4c4ccccc4n5-c4ccccc4)c(-c4nc(-c5ccccc5)nc(-c5ccccc5)n4)c3)c2)cc1.c1ccc(-c2ccc(-c3ccccc3)c(-c3ccc(-c4cccc5c4sc4c5ccc5c4c4ccccc4n5-c4ccccc4)c(-c4nc(-c5ccccc5)nc(-c5ccccc5)n4)c3)c2)cc1. The van der Waals surface area contributed by atoms with Crippen molar-refractivity contribution in [3.63, 3.8) is 0 Å². The molecule has 0 aliphatic carbocycles. The smallest absolute Gasteiger partial charge is 0.164 e. The van der Waals surface area contributed by atoms with Crippen molar-refractivity contribution in [2.75, 3.05) is 0 Å². The number of thiophene rings is 2. The highest BCUT2D eigenvalue weighted by Gasteiger charge is 2.27. The molecule has 8 nitrogen and oxygen atoms in total. The Bertz CT molecular complexity index is 8930. The Hall–Kier alpha value is -17.5. The van der Waals surface area contributed by atoms with Crippen LogP contribution in [0.15, 0.2) is 485 Å². The van der Waals surface area contributed by atoms with Gasteiger partial charge < -0.3 is 9.13 Å². The van der Waals surface area contributed by atoms with Gasteiger partial charge in [-0.2, -0.15) is 0 Å². The fraction of sp³-hybridized carbons (Fsp3) is 0. The van der Waals surface area contributed by atoms with E-state index in [0.717, 1.165) is 123 Å². The molecule has 10 heteroatoms. The second kappa shape index (κ2) is 34.6. The van der Waals surface area contributed by atoms with E-state index in [1.807, 2.05) is 95.5 Å². The molecule has 6 heterocycles. The van der Waals surface area contributed by atoms with Gasteiger partial charge in [0.15, 0.2) is 34.9 Å². The lowest BCUT2D eigenvalue weighted by Crippen LogP contribution is -2.01. The fourth-order valence-corrected chi connectivity index (χ4v) is 22.4. The molecule has 20 aromatic carbocycles. The second-order valence-corrected chi connectivity index (χ2v) is 36.3. The van der Waals surface area contributed by atoms with E-state index in [4.69, 9.17) is 29.9 Å². The Labute approximate surface area is 793 Å². The van der Waals surface area contributed by atoms with Crippen molar-refractivity contribution in [1.29, 1.82) is 0 Å². The van der Waals surface area contributed by atoms with Gasteiger partial charge in [0.1, 0.15) is 0 Å². The lowest BCUT2D eigenvalue weighted by Gasteiger charge is -2.17. The van der Waals surface area contributed by atoms with E-state index in [-0.39, 0.29) is 0 Å². The largest absolute Gasteiger partial charge is 0.309 e. The van der Waals surface area contributed by atoms with Gasteiger partial charge in [0, 0.05) is 112 Å². The van der Waals surface area contributed by atoms with Crippen LogP contribution in [0.5, 0.6) is 0 Å². The lowest BCUT2D eigenvalue weighted by molar-refractivity contribution is 1.07. The van der Waals surface area contributed by atoms with E-state index in [0.29, 0.717) is 34.9 Å². The highest BCUT2D eigenvalue weighted by molar-refractivity contribution is 7.27. The Kier molecular flexibility index (Phi) is 20.5. The summed E-state index contributed by atoms with van der Waals surface area (Å²) in [5, 5.41) is 10.0. The normalized spacial score (nSPS) is 11.5. The molecule has 0 amide bonds. The van der Waals surface area contributed by atoms with Gasteiger partial charge >= 0.3 is 0 Å². The average molecular weight is 1770 g/mol. The summed E-state index contributed by atoms with van der Waals surface area (Å²) in [5.74, 6) is 3.72. The summed E-state index contributed by atoms with van der Waals surface area (Å²) in [4.78, 5) is 31.6. The van der Waals surface area contributed by atoms with Crippen LogP contribution in [0, 0.1) is 0 Å². The van der Waals surface area contributed by atoms with E-state index in [9.17, 15) is 0 Å². The number of fused-ring (bicyclic) bond motifs is 14. The predicted octanol–water partition coefficient (Wildman–Crippen LogP) is 34.0. The third-order valence-corrected chi connectivity index (χ3v) is 28.6. The number of rotatable bonds is 16. The minimum atomic E-state index is 0.612. The minimum absolute atomic E-state index is 0.612. The van der Waals surface area contributed by atoms with Gasteiger partial charge in [-0.15, -0.1) is 22.7 Å². The van der Waals surface area contributed by atoms with E-state index < -0.39 is 0 Å². The number of hydrogen-bond acceptors (Lipinski definition) is 8. The first-order valence-corrected chi connectivity index (χ1v) is 47.5. The van der Waals surface area contributed by atoms with E-state index in [2.05, 4.69) is 422 Å². The molecule has 0 aliphatic heterocycles. The van der Waals surface area contributed by atoms with Gasteiger partial charge in [-0.25, -0.2) is 29.9 Å². The first kappa shape index (κ1) is 80.5. The van der Waals surface area contributed by atoms with Crippen LogP contribution in [0.3, 0.4) is 0 Å². The predicted molar refractivity (Wildman–Crippen MR) is 570 cm³/mol. The number of para-hydroxylation sites is 4. The van der Waals surface area contributed by atoms with Crippen molar-refractivity contribution in [1.82, 2.24) is 39.0 Å². The summed E-state index contributed by atoms with van der Waals surface area (Å²) in [6.07, 6.45) is 0. The Balaban J connectivity index is 0.000000145. The van der Waals surface area contributed by atoms with Gasteiger partial charge in [-0.1, -0.05) is 406 Å². The van der Waals surface area contributed by atoms with Crippen molar-refractivity contribution in [2.45, 2.75) is 0 Å². The minimum Gasteiger partial charge on any atom is -0.309 e. The van der Waals surface area contributed by atoms with E-state index >= 15 is 0 Å². The molecule has 0 saturated heterocycles. The quantitative estimate of drug-likeness (QED) is 0.0958. The topological polar surface area (TPSA) is 87.2 Å². The molecule has 636 valence electrons. The monoisotopic (exact) mass is 1770 g/mol. The van der Waals surface area contributed by atoms with Gasteiger partial charge in [0.05, 0.1) is 22.1 Å². The van der Waals surface area contributed by atoms with Crippen molar-refractivity contribution in [3.05, 3.63) is 485 Å². The first-order chi connectivity index (χ1) is 67.4. The third-order valence-electron chi connectivity index (χ3n) is 26.2. The summed E-state index contributed by atoms with van der Waals surface area (Å²) >= 11 is 3.74. The molecule has 26 aromatic rings. The van der Waals surface area contributed by atoms with Crippen LogP contribution < -0.4 is 0 Å². The fourth-order valence-electron chi connectivity index (χ4n) is 19.7. The van der Waals surface area contributed by atoms with Crippen molar-refractivity contribution < 1.29 is 0 Å². The molecule has 0 atom stereocenters. The lowest BCUT2D eigenvalue weighted by atomic mass is 9.88. The third kappa shape index (κ3) is 14.7. The van der Waals surface area contributed by atoms with Crippen LogP contribution in [-0.2, 0) is 0 Å². The zero-order valence-corrected chi connectivity index (χ0v) is 75.2.